The lowest BCUT2D eigenvalue weighted by atomic mass is 10.1. The summed E-state index contributed by atoms with van der Waals surface area (Å²) in [7, 11) is 0. The van der Waals surface area contributed by atoms with Gasteiger partial charge in [-0.1, -0.05) is 37.3 Å². The average Bonchev–Trinajstić information content (AvgIpc) is 2.54. The standard InChI is InChI=1S/C17H23FN2O/c1-2-16-14-20(17(21)9-6-10-18)12-11-19(16)13-15-7-4-3-5-8-15/h3-9,16H,2,10-14H2,1H3/b9-6+. The van der Waals surface area contributed by atoms with Crippen molar-refractivity contribution in [1.82, 2.24) is 9.80 Å². The van der Waals surface area contributed by atoms with E-state index in [1.807, 2.05) is 11.0 Å². The second-order valence-electron chi connectivity index (χ2n) is 5.36. The van der Waals surface area contributed by atoms with Crippen molar-refractivity contribution in [3.05, 3.63) is 48.0 Å². The second kappa shape index (κ2) is 7.93. The highest BCUT2D eigenvalue weighted by atomic mass is 19.1. The first-order chi connectivity index (χ1) is 10.2. The molecule has 114 valence electrons. The van der Waals surface area contributed by atoms with E-state index < -0.39 is 6.67 Å². The summed E-state index contributed by atoms with van der Waals surface area (Å²) in [6.07, 6.45) is 3.63. The highest BCUT2D eigenvalue weighted by molar-refractivity contribution is 5.87. The molecule has 0 bridgehead atoms. The predicted octanol–water partition coefficient (Wildman–Crippen LogP) is 2.64. The first kappa shape index (κ1) is 15.7. The number of alkyl halides is 1. The van der Waals surface area contributed by atoms with Crippen LogP contribution in [0, 0.1) is 0 Å². The third-order valence-corrected chi connectivity index (χ3v) is 3.97. The van der Waals surface area contributed by atoms with Crippen LogP contribution in [0.4, 0.5) is 4.39 Å². The number of piperazine rings is 1. The molecule has 1 aliphatic heterocycles. The van der Waals surface area contributed by atoms with Gasteiger partial charge in [0, 0.05) is 38.3 Å². The molecule has 21 heavy (non-hydrogen) atoms. The molecule has 3 nitrogen and oxygen atoms in total. The number of allylic oxidation sites excluding steroid dienone is 1. The van der Waals surface area contributed by atoms with Crippen molar-refractivity contribution in [3.8, 4) is 0 Å². The van der Waals surface area contributed by atoms with Crippen LogP contribution in [0.2, 0.25) is 0 Å². The van der Waals surface area contributed by atoms with E-state index in [1.165, 1.54) is 17.7 Å². The Morgan fingerprint density at radius 1 is 1.33 bits per heavy atom. The molecule has 0 N–H and O–H groups in total. The number of benzene rings is 1. The Labute approximate surface area is 126 Å². The van der Waals surface area contributed by atoms with Crippen molar-refractivity contribution in [2.24, 2.45) is 0 Å². The second-order valence-corrected chi connectivity index (χ2v) is 5.36. The van der Waals surface area contributed by atoms with E-state index in [2.05, 4.69) is 36.1 Å². The molecule has 1 amide bonds. The van der Waals surface area contributed by atoms with E-state index in [0.29, 0.717) is 12.6 Å². The third kappa shape index (κ3) is 4.39. The molecular weight excluding hydrogens is 267 g/mol. The van der Waals surface area contributed by atoms with Gasteiger partial charge < -0.3 is 4.90 Å². The van der Waals surface area contributed by atoms with Crippen molar-refractivity contribution in [1.29, 1.82) is 0 Å². The van der Waals surface area contributed by atoms with Gasteiger partial charge in [0.15, 0.2) is 0 Å². The van der Waals surface area contributed by atoms with Crippen LogP contribution < -0.4 is 0 Å². The average molecular weight is 290 g/mol. The lowest BCUT2D eigenvalue weighted by Crippen LogP contribution is -2.53. The SMILES string of the molecule is CCC1CN(C(=O)/C=C/CF)CCN1Cc1ccccc1. The highest BCUT2D eigenvalue weighted by Gasteiger charge is 2.27. The molecule has 0 saturated carbocycles. The number of hydrogen-bond acceptors (Lipinski definition) is 2. The number of carbonyl (C=O) groups is 1. The lowest BCUT2D eigenvalue weighted by Gasteiger charge is -2.41. The Balaban J connectivity index is 1.95. The maximum absolute atomic E-state index is 12.1. The molecule has 0 aromatic heterocycles. The molecule has 2 rings (SSSR count). The molecule has 1 aromatic carbocycles. The fourth-order valence-corrected chi connectivity index (χ4v) is 2.76. The summed E-state index contributed by atoms with van der Waals surface area (Å²) >= 11 is 0. The molecular formula is C17H23FN2O. The molecule has 1 saturated heterocycles. The van der Waals surface area contributed by atoms with Gasteiger partial charge in [0.25, 0.3) is 0 Å². The third-order valence-electron chi connectivity index (χ3n) is 3.97. The van der Waals surface area contributed by atoms with Gasteiger partial charge in [-0.15, -0.1) is 0 Å². The normalized spacial score (nSPS) is 20.1. The van der Waals surface area contributed by atoms with Gasteiger partial charge in [-0.05, 0) is 18.1 Å². The Morgan fingerprint density at radius 2 is 2.10 bits per heavy atom. The van der Waals surface area contributed by atoms with Crippen molar-refractivity contribution in [2.45, 2.75) is 25.9 Å². The number of hydrogen-bond donors (Lipinski definition) is 0. The first-order valence-corrected chi connectivity index (χ1v) is 7.54. The van der Waals surface area contributed by atoms with Gasteiger partial charge in [0.1, 0.15) is 6.67 Å². The summed E-state index contributed by atoms with van der Waals surface area (Å²) in [6.45, 7) is 4.77. The maximum atomic E-state index is 12.1. The van der Waals surface area contributed by atoms with E-state index in [1.54, 1.807) is 0 Å². The zero-order valence-electron chi connectivity index (χ0n) is 12.5. The molecule has 0 aliphatic carbocycles. The molecule has 1 atom stereocenters. The molecule has 1 fully saturated rings. The van der Waals surface area contributed by atoms with Crippen LogP contribution >= 0.6 is 0 Å². The molecule has 0 spiro atoms. The number of amides is 1. The van der Waals surface area contributed by atoms with Crippen LogP contribution in [0.15, 0.2) is 42.5 Å². The zero-order valence-corrected chi connectivity index (χ0v) is 12.5. The van der Waals surface area contributed by atoms with Crippen LogP contribution in [-0.4, -0.2) is 48.1 Å². The van der Waals surface area contributed by atoms with Crippen molar-refractivity contribution < 1.29 is 9.18 Å². The smallest absolute Gasteiger partial charge is 0.246 e. The minimum absolute atomic E-state index is 0.0783. The van der Waals surface area contributed by atoms with Gasteiger partial charge in [0.2, 0.25) is 5.91 Å². The van der Waals surface area contributed by atoms with Crippen LogP contribution in [0.25, 0.3) is 0 Å². The minimum atomic E-state index is -0.586. The van der Waals surface area contributed by atoms with E-state index >= 15 is 0 Å². The lowest BCUT2D eigenvalue weighted by molar-refractivity contribution is -0.129. The van der Waals surface area contributed by atoms with E-state index in [9.17, 15) is 9.18 Å². The summed E-state index contributed by atoms with van der Waals surface area (Å²) < 4.78 is 12.1. The zero-order chi connectivity index (χ0) is 15.1. The quantitative estimate of drug-likeness (QED) is 0.778. The summed E-state index contributed by atoms with van der Waals surface area (Å²) in [5.41, 5.74) is 1.30. The van der Waals surface area contributed by atoms with E-state index in [0.717, 1.165) is 26.1 Å². The maximum Gasteiger partial charge on any atom is 0.246 e. The Bertz CT molecular complexity index is 475. The Hall–Kier alpha value is -1.68. The molecule has 4 heteroatoms. The number of halogens is 1. The first-order valence-electron chi connectivity index (χ1n) is 7.54. The van der Waals surface area contributed by atoms with Gasteiger partial charge in [-0.25, -0.2) is 4.39 Å². The molecule has 1 unspecified atom stereocenters. The summed E-state index contributed by atoms with van der Waals surface area (Å²) in [5, 5.41) is 0. The molecule has 1 aromatic rings. The Kier molecular flexibility index (Phi) is 5.93. The monoisotopic (exact) mass is 290 g/mol. The number of carbonyl (C=O) groups excluding carboxylic acids is 1. The van der Waals surface area contributed by atoms with Crippen LogP contribution in [0.5, 0.6) is 0 Å². The summed E-state index contributed by atoms with van der Waals surface area (Å²) in [4.78, 5) is 16.2. The number of nitrogens with zero attached hydrogens (tertiary/aromatic N) is 2. The van der Waals surface area contributed by atoms with Crippen molar-refractivity contribution in [2.75, 3.05) is 26.3 Å². The van der Waals surface area contributed by atoms with Gasteiger partial charge in [-0.2, -0.15) is 0 Å². The molecule has 1 aliphatic rings. The molecule has 0 radical (unpaired) electrons. The summed E-state index contributed by atoms with van der Waals surface area (Å²) in [5.74, 6) is -0.0783. The van der Waals surface area contributed by atoms with Crippen LogP contribution in [0.3, 0.4) is 0 Å². The predicted molar refractivity (Wildman–Crippen MR) is 82.6 cm³/mol. The van der Waals surface area contributed by atoms with Crippen LogP contribution in [0.1, 0.15) is 18.9 Å². The van der Waals surface area contributed by atoms with Gasteiger partial charge >= 0.3 is 0 Å². The van der Waals surface area contributed by atoms with E-state index in [4.69, 9.17) is 0 Å². The van der Waals surface area contributed by atoms with Gasteiger partial charge in [0.05, 0.1) is 0 Å². The van der Waals surface area contributed by atoms with Crippen molar-refractivity contribution in [3.63, 3.8) is 0 Å². The van der Waals surface area contributed by atoms with Crippen molar-refractivity contribution >= 4 is 5.91 Å². The van der Waals surface area contributed by atoms with Gasteiger partial charge in [-0.3, -0.25) is 9.69 Å². The van der Waals surface area contributed by atoms with E-state index in [-0.39, 0.29) is 5.91 Å². The summed E-state index contributed by atoms with van der Waals surface area (Å²) in [6, 6.07) is 10.8. The Morgan fingerprint density at radius 3 is 2.76 bits per heavy atom. The molecule has 1 heterocycles. The largest absolute Gasteiger partial charge is 0.336 e. The topological polar surface area (TPSA) is 23.6 Å². The van der Waals surface area contributed by atoms with Crippen LogP contribution in [-0.2, 0) is 11.3 Å². The minimum Gasteiger partial charge on any atom is -0.336 e. The number of rotatable bonds is 5. The fourth-order valence-electron chi connectivity index (χ4n) is 2.76. The fraction of sp³-hybridized carbons (Fsp3) is 0.471. The highest BCUT2D eigenvalue weighted by Crippen LogP contribution is 2.16.